The summed E-state index contributed by atoms with van der Waals surface area (Å²) in [6.45, 7) is 0. The molecule has 0 unspecified atom stereocenters. The summed E-state index contributed by atoms with van der Waals surface area (Å²) in [6, 6.07) is 36.1. The van der Waals surface area contributed by atoms with Gasteiger partial charge in [0.05, 0.1) is 17.4 Å². The largest absolute Gasteiger partial charge is 0.508 e. The Morgan fingerprint density at radius 3 is 1.91 bits per heavy atom. The lowest BCUT2D eigenvalue weighted by molar-refractivity contribution is 0.0986. The molecular formula is C29H21N3O2. The number of carbonyl (C=O) groups excluding carboxylic acids is 1. The van der Waals surface area contributed by atoms with Crippen LogP contribution in [0.3, 0.4) is 0 Å². The summed E-state index contributed by atoms with van der Waals surface area (Å²) in [4.78, 5) is 15.9. The lowest BCUT2D eigenvalue weighted by Crippen LogP contribution is -2.30. The van der Waals surface area contributed by atoms with Gasteiger partial charge < -0.3 is 5.11 Å². The lowest BCUT2D eigenvalue weighted by atomic mass is 9.96. The number of phenols is 1. The van der Waals surface area contributed by atoms with Crippen molar-refractivity contribution in [2.24, 2.45) is 0 Å². The zero-order valence-electron chi connectivity index (χ0n) is 18.2. The average molecular weight is 444 g/mol. The van der Waals surface area contributed by atoms with E-state index in [2.05, 4.69) is 0 Å². The molecule has 0 fully saturated rings. The van der Waals surface area contributed by atoms with Gasteiger partial charge in [0.2, 0.25) is 0 Å². The molecule has 0 bridgehead atoms. The fraction of sp³-hybridized carbons (Fsp3) is 0.0345. The van der Waals surface area contributed by atoms with Gasteiger partial charge in [-0.05, 0) is 42.0 Å². The predicted octanol–water partition coefficient (Wildman–Crippen LogP) is 5.99. The second kappa shape index (κ2) is 8.05. The molecule has 2 heterocycles. The van der Waals surface area contributed by atoms with Crippen molar-refractivity contribution >= 4 is 11.6 Å². The molecule has 0 saturated heterocycles. The second-order valence-electron chi connectivity index (χ2n) is 8.23. The smallest absolute Gasteiger partial charge is 0.278 e. The highest BCUT2D eigenvalue weighted by Gasteiger charge is 2.45. The van der Waals surface area contributed by atoms with E-state index in [-0.39, 0.29) is 17.7 Å². The number of phenolic OH excluding ortho intramolecular Hbond substituents is 1. The quantitative estimate of drug-likeness (QED) is 0.371. The first-order valence-corrected chi connectivity index (χ1v) is 11.1. The van der Waals surface area contributed by atoms with Crippen molar-refractivity contribution in [3.05, 3.63) is 132 Å². The van der Waals surface area contributed by atoms with Crippen molar-refractivity contribution in [2.75, 3.05) is 4.90 Å². The summed E-state index contributed by atoms with van der Waals surface area (Å²) in [5.74, 6) is 0.0256. The number of rotatable bonds is 4. The monoisotopic (exact) mass is 443 g/mol. The van der Waals surface area contributed by atoms with Crippen molar-refractivity contribution in [1.29, 1.82) is 0 Å². The number of aromatic nitrogens is 2. The number of fused-ring (bicyclic) bond motifs is 1. The Labute approximate surface area is 197 Å². The van der Waals surface area contributed by atoms with Crippen molar-refractivity contribution in [3.63, 3.8) is 0 Å². The number of anilines is 1. The van der Waals surface area contributed by atoms with Crippen LogP contribution in [-0.2, 0) is 0 Å². The maximum absolute atomic E-state index is 14.1. The maximum Gasteiger partial charge on any atom is 0.278 e. The Hall–Kier alpha value is -4.64. The van der Waals surface area contributed by atoms with E-state index in [0.717, 1.165) is 28.1 Å². The third-order valence-electron chi connectivity index (χ3n) is 6.17. The minimum absolute atomic E-state index is 0.131. The van der Waals surface area contributed by atoms with E-state index >= 15 is 0 Å². The molecule has 5 nitrogen and oxygen atoms in total. The number of hydrogen-bond donors (Lipinski definition) is 1. The number of carbonyl (C=O) groups is 1. The molecule has 4 aromatic carbocycles. The van der Waals surface area contributed by atoms with Gasteiger partial charge in [0.1, 0.15) is 11.4 Å². The summed E-state index contributed by atoms with van der Waals surface area (Å²) in [5, 5.41) is 14.8. The molecule has 5 heteroatoms. The first kappa shape index (κ1) is 20.0. The number of para-hydroxylation sites is 1. The number of benzene rings is 4. The van der Waals surface area contributed by atoms with Crippen LogP contribution in [-0.4, -0.2) is 20.8 Å². The molecule has 0 saturated carbocycles. The van der Waals surface area contributed by atoms with Crippen LogP contribution in [0.2, 0.25) is 0 Å². The van der Waals surface area contributed by atoms with Crippen LogP contribution in [0.4, 0.5) is 5.69 Å². The van der Waals surface area contributed by atoms with Gasteiger partial charge in [0, 0.05) is 16.8 Å². The van der Waals surface area contributed by atoms with E-state index in [1.54, 1.807) is 33.8 Å². The Bertz CT molecular complexity index is 1460. The third-order valence-corrected chi connectivity index (χ3v) is 6.17. The summed E-state index contributed by atoms with van der Waals surface area (Å²) < 4.78 is 1.76. The van der Waals surface area contributed by atoms with Crippen LogP contribution >= 0.6 is 0 Å². The van der Waals surface area contributed by atoms with Crippen LogP contribution < -0.4 is 4.90 Å². The van der Waals surface area contributed by atoms with E-state index in [1.807, 2.05) is 91.0 Å². The maximum atomic E-state index is 14.1. The highest BCUT2D eigenvalue weighted by molar-refractivity contribution is 6.12. The standard InChI is InChI=1S/C29H21N3O2/c33-24-18-16-22(17-19-24)31-27(21-12-6-2-7-13-21)25-26(20-10-4-1-5-11-20)30-32(28(25)29(31)34)23-14-8-3-9-15-23/h1-19,27,33H/t27-/m0/s1. The molecule has 1 aliphatic rings. The van der Waals surface area contributed by atoms with Crippen molar-refractivity contribution < 1.29 is 9.90 Å². The van der Waals surface area contributed by atoms with Gasteiger partial charge in [-0.15, -0.1) is 0 Å². The van der Waals surface area contributed by atoms with Gasteiger partial charge in [-0.25, -0.2) is 4.68 Å². The highest BCUT2D eigenvalue weighted by Crippen LogP contribution is 2.46. The minimum Gasteiger partial charge on any atom is -0.508 e. The summed E-state index contributed by atoms with van der Waals surface area (Å²) in [6.07, 6.45) is 0. The normalized spacial score (nSPS) is 14.9. The van der Waals surface area contributed by atoms with E-state index in [4.69, 9.17) is 5.10 Å². The average Bonchev–Trinajstić information content (AvgIpc) is 3.42. The summed E-state index contributed by atoms with van der Waals surface area (Å²) in [5.41, 5.74) is 5.69. The van der Waals surface area contributed by atoms with Crippen LogP contribution in [0.25, 0.3) is 16.9 Å². The van der Waals surface area contributed by atoms with E-state index in [0.29, 0.717) is 11.4 Å². The number of hydrogen-bond acceptors (Lipinski definition) is 3. The first-order chi connectivity index (χ1) is 16.7. The SMILES string of the molecule is O=C1c2c(c(-c3ccccc3)nn2-c2ccccc2)[C@H](c2ccccc2)N1c1ccc(O)cc1. The molecule has 6 rings (SSSR count). The second-order valence-corrected chi connectivity index (χ2v) is 8.23. The fourth-order valence-corrected chi connectivity index (χ4v) is 4.65. The minimum atomic E-state index is -0.360. The molecule has 1 N–H and O–H groups in total. The predicted molar refractivity (Wildman–Crippen MR) is 132 cm³/mol. The van der Waals surface area contributed by atoms with Crippen molar-refractivity contribution in [2.45, 2.75) is 6.04 Å². The number of aromatic hydroxyl groups is 1. The zero-order valence-corrected chi connectivity index (χ0v) is 18.2. The van der Waals surface area contributed by atoms with Crippen LogP contribution in [0.1, 0.15) is 27.7 Å². The first-order valence-electron chi connectivity index (χ1n) is 11.1. The topological polar surface area (TPSA) is 58.4 Å². The van der Waals surface area contributed by atoms with E-state index in [9.17, 15) is 9.90 Å². The molecule has 0 aliphatic carbocycles. The Morgan fingerprint density at radius 1 is 0.676 bits per heavy atom. The van der Waals surface area contributed by atoms with Gasteiger partial charge in [-0.2, -0.15) is 5.10 Å². The van der Waals surface area contributed by atoms with Gasteiger partial charge in [0.15, 0.2) is 0 Å². The van der Waals surface area contributed by atoms with E-state index in [1.165, 1.54) is 0 Å². The Morgan fingerprint density at radius 2 is 1.26 bits per heavy atom. The molecule has 1 atom stereocenters. The summed E-state index contributed by atoms with van der Waals surface area (Å²) >= 11 is 0. The Balaban J connectivity index is 1.66. The lowest BCUT2D eigenvalue weighted by Gasteiger charge is -2.26. The van der Waals surface area contributed by atoms with Crippen molar-refractivity contribution in [1.82, 2.24) is 9.78 Å². The van der Waals surface area contributed by atoms with Gasteiger partial charge in [-0.3, -0.25) is 9.69 Å². The van der Waals surface area contributed by atoms with E-state index < -0.39 is 0 Å². The Kier molecular flexibility index (Phi) is 4.73. The molecule has 1 amide bonds. The molecule has 5 aromatic rings. The molecule has 34 heavy (non-hydrogen) atoms. The zero-order chi connectivity index (χ0) is 23.1. The molecule has 0 spiro atoms. The van der Waals surface area contributed by atoms with Crippen LogP contribution in [0.15, 0.2) is 115 Å². The molecule has 0 radical (unpaired) electrons. The van der Waals surface area contributed by atoms with Gasteiger partial charge >= 0.3 is 0 Å². The number of nitrogens with zero attached hydrogens (tertiary/aromatic N) is 3. The molecule has 1 aromatic heterocycles. The van der Waals surface area contributed by atoms with Crippen LogP contribution in [0.5, 0.6) is 5.75 Å². The summed E-state index contributed by atoms with van der Waals surface area (Å²) in [7, 11) is 0. The molecule has 164 valence electrons. The fourth-order valence-electron chi connectivity index (χ4n) is 4.65. The molecular weight excluding hydrogens is 422 g/mol. The van der Waals surface area contributed by atoms with Crippen molar-refractivity contribution in [3.8, 4) is 22.7 Å². The van der Waals surface area contributed by atoms with Crippen LogP contribution in [0, 0.1) is 0 Å². The van der Waals surface area contributed by atoms with Gasteiger partial charge in [0.25, 0.3) is 5.91 Å². The third kappa shape index (κ3) is 3.18. The van der Waals surface area contributed by atoms with Gasteiger partial charge in [-0.1, -0.05) is 78.9 Å². The number of amides is 1. The molecule has 1 aliphatic heterocycles. The highest BCUT2D eigenvalue weighted by atomic mass is 16.3.